The molecule has 1 atom stereocenters. The van der Waals surface area contributed by atoms with E-state index in [-0.39, 0.29) is 12.0 Å². The summed E-state index contributed by atoms with van der Waals surface area (Å²) >= 11 is 6.11. The minimum absolute atomic E-state index is 0.0441. The van der Waals surface area contributed by atoms with Crippen molar-refractivity contribution in [1.29, 1.82) is 0 Å². The number of halogens is 1. The maximum absolute atomic E-state index is 12.6. The number of aryl methyl sites for hydroxylation is 2. The molecular formula is C15H17ClN4O2. The zero-order valence-electron chi connectivity index (χ0n) is 12.5. The molecule has 0 saturated carbocycles. The summed E-state index contributed by atoms with van der Waals surface area (Å²) in [5.41, 5.74) is 1.55. The average Bonchev–Trinajstić information content (AvgIpc) is 2.95. The number of nitrogens with zero attached hydrogens (tertiary/aromatic N) is 4. The molecule has 1 unspecified atom stereocenters. The Morgan fingerprint density at radius 1 is 1.45 bits per heavy atom. The van der Waals surface area contributed by atoms with Crippen molar-refractivity contribution in [3.8, 4) is 0 Å². The van der Waals surface area contributed by atoms with Crippen LogP contribution in [0.3, 0.4) is 0 Å². The average molecular weight is 321 g/mol. The highest BCUT2D eigenvalue weighted by Gasteiger charge is 2.28. The van der Waals surface area contributed by atoms with Crippen LogP contribution >= 0.6 is 11.6 Å². The van der Waals surface area contributed by atoms with Gasteiger partial charge in [0.15, 0.2) is 5.82 Å². The van der Waals surface area contributed by atoms with E-state index >= 15 is 0 Å². The molecule has 2 aromatic rings. The zero-order chi connectivity index (χ0) is 15.7. The van der Waals surface area contributed by atoms with Crippen LogP contribution in [0.1, 0.15) is 27.8 Å². The fraction of sp³-hybridized carbons (Fsp3) is 0.400. The Balaban J connectivity index is 1.78. The molecule has 7 heteroatoms. The SMILES string of the molecule is Cc1ccc(C(=O)N2CCOC(c3nncn3C)C2)cc1Cl. The number of benzene rings is 1. The molecule has 0 aliphatic carbocycles. The summed E-state index contributed by atoms with van der Waals surface area (Å²) in [6.45, 7) is 3.40. The highest BCUT2D eigenvalue weighted by Crippen LogP contribution is 2.23. The highest BCUT2D eigenvalue weighted by atomic mass is 35.5. The van der Waals surface area contributed by atoms with Gasteiger partial charge in [0, 0.05) is 24.2 Å². The summed E-state index contributed by atoms with van der Waals surface area (Å²) in [5, 5.41) is 8.52. The van der Waals surface area contributed by atoms with Crippen molar-refractivity contribution in [3.63, 3.8) is 0 Å². The maximum atomic E-state index is 12.6. The number of morpholine rings is 1. The number of hydrogen-bond donors (Lipinski definition) is 0. The molecule has 1 amide bonds. The van der Waals surface area contributed by atoms with Crippen molar-refractivity contribution in [2.75, 3.05) is 19.7 Å². The molecule has 22 heavy (non-hydrogen) atoms. The predicted molar refractivity (Wildman–Crippen MR) is 81.8 cm³/mol. The topological polar surface area (TPSA) is 60.3 Å². The van der Waals surface area contributed by atoms with Gasteiger partial charge in [-0.2, -0.15) is 0 Å². The van der Waals surface area contributed by atoms with Crippen molar-refractivity contribution in [2.45, 2.75) is 13.0 Å². The maximum Gasteiger partial charge on any atom is 0.254 e. The van der Waals surface area contributed by atoms with E-state index in [1.165, 1.54) is 0 Å². The summed E-state index contributed by atoms with van der Waals surface area (Å²) < 4.78 is 7.53. The van der Waals surface area contributed by atoms with Crippen LogP contribution in [-0.4, -0.2) is 45.3 Å². The summed E-state index contributed by atoms with van der Waals surface area (Å²) in [6.07, 6.45) is 1.37. The second kappa shape index (κ2) is 6.06. The summed E-state index contributed by atoms with van der Waals surface area (Å²) in [7, 11) is 1.86. The Bertz CT molecular complexity index is 701. The number of carbonyl (C=O) groups excluding carboxylic acids is 1. The first-order valence-corrected chi connectivity index (χ1v) is 7.45. The lowest BCUT2D eigenvalue weighted by Crippen LogP contribution is -2.42. The monoisotopic (exact) mass is 320 g/mol. The van der Waals surface area contributed by atoms with Crippen molar-refractivity contribution >= 4 is 17.5 Å². The van der Waals surface area contributed by atoms with E-state index in [0.29, 0.717) is 30.3 Å². The molecule has 3 rings (SSSR count). The Labute approximate surface area is 133 Å². The quantitative estimate of drug-likeness (QED) is 0.849. The molecule has 0 N–H and O–H groups in total. The second-order valence-corrected chi connectivity index (χ2v) is 5.78. The second-order valence-electron chi connectivity index (χ2n) is 5.37. The summed E-state index contributed by atoms with van der Waals surface area (Å²) in [4.78, 5) is 14.4. The van der Waals surface area contributed by atoms with Crippen LogP contribution in [0, 0.1) is 6.92 Å². The third-order valence-corrected chi connectivity index (χ3v) is 4.21. The lowest BCUT2D eigenvalue weighted by atomic mass is 10.1. The fourth-order valence-electron chi connectivity index (χ4n) is 2.48. The van der Waals surface area contributed by atoms with Gasteiger partial charge in [-0.25, -0.2) is 0 Å². The van der Waals surface area contributed by atoms with Gasteiger partial charge in [0.1, 0.15) is 12.4 Å². The third-order valence-electron chi connectivity index (χ3n) is 3.81. The van der Waals surface area contributed by atoms with E-state index in [4.69, 9.17) is 16.3 Å². The Kier molecular flexibility index (Phi) is 4.13. The first kappa shape index (κ1) is 15.0. The van der Waals surface area contributed by atoms with Gasteiger partial charge in [-0.15, -0.1) is 10.2 Å². The van der Waals surface area contributed by atoms with Gasteiger partial charge in [0.05, 0.1) is 13.2 Å². The fourth-order valence-corrected chi connectivity index (χ4v) is 2.66. The van der Waals surface area contributed by atoms with E-state index in [2.05, 4.69) is 10.2 Å². The van der Waals surface area contributed by atoms with Crippen LogP contribution in [0.15, 0.2) is 24.5 Å². The van der Waals surface area contributed by atoms with Gasteiger partial charge >= 0.3 is 0 Å². The van der Waals surface area contributed by atoms with E-state index in [1.807, 2.05) is 20.0 Å². The summed E-state index contributed by atoms with van der Waals surface area (Å²) in [6, 6.07) is 5.37. The van der Waals surface area contributed by atoms with Crippen LogP contribution < -0.4 is 0 Å². The van der Waals surface area contributed by atoms with Crippen LogP contribution in [-0.2, 0) is 11.8 Å². The molecule has 2 heterocycles. The minimum atomic E-state index is -0.258. The molecule has 1 aliphatic rings. The number of ether oxygens (including phenoxy) is 1. The van der Waals surface area contributed by atoms with Crippen LogP contribution in [0.4, 0.5) is 0 Å². The number of amides is 1. The highest BCUT2D eigenvalue weighted by molar-refractivity contribution is 6.31. The van der Waals surface area contributed by atoms with Crippen LogP contribution in [0.25, 0.3) is 0 Å². The van der Waals surface area contributed by atoms with E-state index in [9.17, 15) is 4.79 Å². The molecule has 1 aliphatic heterocycles. The minimum Gasteiger partial charge on any atom is -0.366 e. The van der Waals surface area contributed by atoms with E-state index in [0.717, 1.165) is 11.4 Å². The number of rotatable bonds is 2. The molecule has 1 saturated heterocycles. The Morgan fingerprint density at radius 2 is 2.27 bits per heavy atom. The zero-order valence-corrected chi connectivity index (χ0v) is 13.2. The molecule has 0 spiro atoms. The standard InChI is InChI=1S/C15H17ClN4O2/c1-10-3-4-11(7-12(10)16)15(21)20-5-6-22-13(8-20)14-18-17-9-19(14)2/h3-4,7,9,13H,5-6,8H2,1-2H3. The molecule has 0 radical (unpaired) electrons. The lowest BCUT2D eigenvalue weighted by Gasteiger charge is -2.32. The van der Waals surface area contributed by atoms with Gasteiger partial charge in [-0.05, 0) is 24.6 Å². The van der Waals surface area contributed by atoms with Crippen molar-refractivity contribution in [1.82, 2.24) is 19.7 Å². The van der Waals surface area contributed by atoms with Gasteiger partial charge in [-0.3, -0.25) is 4.79 Å². The number of aromatic nitrogens is 3. The molecule has 1 fully saturated rings. The first-order valence-electron chi connectivity index (χ1n) is 7.07. The van der Waals surface area contributed by atoms with Gasteiger partial charge in [0.2, 0.25) is 0 Å². The van der Waals surface area contributed by atoms with E-state index in [1.54, 1.807) is 27.9 Å². The number of hydrogen-bond acceptors (Lipinski definition) is 4. The summed E-state index contributed by atoms with van der Waals surface area (Å²) in [5.74, 6) is 0.678. The van der Waals surface area contributed by atoms with Crippen LogP contribution in [0.5, 0.6) is 0 Å². The van der Waals surface area contributed by atoms with E-state index < -0.39 is 0 Å². The lowest BCUT2D eigenvalue weighted by molar-refractivity contribution is -0.0281. The number of carbonyl (C=O) groups is 1. The van der Waals surface area contributed by atoms with Crippen molar-refractivity contribution in [3.05, 3.63) is 46.5 Å². The van der Waals surface area contributed by atoms with Gasteiger partial charge in [0.25, 0.3) is 5.91 Å². The first-order chi connectivity index (χ1) is 10.6. The molecule has 1 aromatic carbocycles. The largest absolute Gasteiger partial charge is 0.366 e. The Hall–Kier alpha value is -1.92. The molecule has 6 nitrogen and oxygen atoms in total. The molecule has 116 valence electrons. The van der Waals surface area contributed by atoms with Crippen molar-refractivity contribution in [2.24, 2.45) is 7.05 Å². The predicted octanol–water partition coefficient (Wildman–Crippen LogP) is 1.99. The molecular weight excluding hydrogens is 304 g/mol. The Morgan fingerprint density at radius 3 is 2.95 bits per heavy atom. The third kappa shape index (κ3) is 2.84. The smallest absolute Gasteiger partial charge is 0.254 e. The normalized spacial score (nSPS) is 18.5. The van der Waals surface area contributed by atoms with Crippen LogP contribution in [0.2, 0.25) is 5.02 Å². The molecule has 1 aromatic heterocycles. The molecule has 0 bridgehead atoms. The van der Waals surface area contributed by atoms with Crippen molar-refractivity contribution < 1.29 is 9.53 Å². The van der Waals surface area contributed by atoms with Gasteiger partial charge in [-0.1, -0.05) is 17.7 Å². The van der Waals surface area contributed by atoms with Gasteiger partial charge < -0.3 is 14.2 Å².